The quantitative estimate of drug-likeness (QED) is 0.555. The molecule has 1 aliphatic heterocycles. The monoisotopic (exact) mass is 438 g/mol. The van der Waals surface area contributed by atoms with Crippen molar-refractivity contribution in [3.05, 3.63) is 59.7 Å². The van der Waals surface area contributed by atoms with Gasteiger partial charge in [0.2, 0.25) is 0 Å². The normalized spacial score (nSPS) is 13.2. The Morgan fingerprint density at radius 3 is 2.57 bits per heavy atom. The van der Waals surface area contributed by atoms with Gasteiger partial charge in [-0.05, 0) is 73.1 Å². The van der Waals surface area contributed by atoms with Crippen LogP contribution in [0.1, 0.15) is 23.3 Å². The van der Waals surface area contributed by atoms with E-state index in [2.05, 4.69) is 15.6 Å². The molecule has 6 nitrogen and oxygen atoms in total. The van der Waals surface area contributed by atoms with Crippen LogP contribution in [0.4, 0.5) is 11.4 Å². The molecule has 8 heteroatoms. The van der Waals surface area contributed by atoms with Gasteiger partial charge < -0.3 is 20.3 Å². The Morgan fingerprint density at radius 1 is 1.10 bits per heavy atom. The number of benzene rings is 1. The van der Waals surface area contributed by atoms with Gasteiger partial charge in [-0.15, -0.1) is 11.3 Å². The zero-order valence-electron chi connectivity index (χ0n) is 16.6. The largest absolute Gasteiger partial charge is 0.497 e. The molecule has 1 saturated heterocycles. The highest BCUT2D eigenvalue weighted by molar-refractivity contribution is 7.80. The summed E-state index contributed by atoms with van der Waals surface area (Å²) in [6.07, 6.45) is 3.83. The first-order chi connectivity index (χ1) is 14.6. The third-order valence-electron chi connectivity index (χ3n) is 4.86. The smallest absolute Gasteiger partial charge is 0.272 e. The fourth-order valence-electron chi connectivity index (χ4n) is 3.30. The average molecular weight is 439 g/mol. The third-order valence-corrected chi connectivity index (χ3v) is 6.05. The topological polar surface area (TPSA) is 66.5 Å². The second-order valence-electron chi connectivity index (χ2n) is 6.94. The number of aromatic nitrogens is 1. The number of amides is 1. The Hall–Kier alpha value is -2.97. The lowest BCUT2D eigenvalue weighted by atomic mass is 10.2. The van der Waals surface area contributed by atoms with Crippen LogP contribution in [0.2, 0.25) is 0 Å². The number of carbonyl (C=O) groups excluding carboxylic acids is 1. The summed E-state index contributed by atoms with van der Waals surface area (Å²) < 4.78 is 5.16. The van der Waals surface area contributed by atoms with E-state index in [1.165, 1.54) is 0 Å². The number of methoxy groups -OCH3 is 1. The van der Waals surface area contributed by atoms with E-state index in [1.54, 1.807) is 24.6 Å². The fourth-order valence-corrected chi connectivity index (χ4v) is 4.38. The number of likely N-dealkylation sites (tertiary alicyclic amines) is 1. The van der Waals surface area contributed by atoms with E-state index >= 15 is 0 Å². The van der Waals surface area contributed by atoms with Crippen LogP contribution in [0.3, 0.4) is 0 Å². The molecule has 0 saturated carbocycles. The summed E-state index contributed by atoms with van der Waals surface area (Å²) >= 11 is 7.00. The number of thiophene rings is 1. The molecule has 0 unspecified atom stereocenters. The van der Waals surface area contributed by atoms with Gasteiger partial charge in [0.05, 0.1) is 12.8 Å². The number of hydrogen-bond acceptors (Lipinski definition) is 5. The Kier molecular flexibility index (Phi) is 6.25. The molecule has 1 aliphatic rings. The molecule has 3 aromatic rings. The van der Waals surface area contributed by atoms with Crippen molar-refractivity contribution in [2.24, 2.45) is 0 Å². The molecule has 0 spiro atoms. The van der Waals surface area contributed by atoms with E-state index in [0.717, 1.165) is 53.5 Å². The first kappa shape index (κ1) is 20.3. The van der Waals surface area contributed by atoms with Crippen LogP contribution < -0.4 is 15.4 Å². The van der Waals surface area contributed by atoms with Crippen molar-refractivity contribution < 1.29 is 9.53 Å². The molecular weight excluding hydrogens is 416 g/mol. The van der Waals surface area contributed by atoms with Gasteiger partial charge in [0.15, 0.2) is 5.11 Å². The first-order valence-corrected chi connectivity index (χ1v) is 11.0. The van der Waals surface area contributed by atoms with Crippen molar-refractivity contribution in [2.75, 3.05) is 30.8 Å². The molecule has 154 valence electrons. The molecule has 0 aliphatic carbocycles. The maximum atomic E-state index is 12.6. The minimum atomic E-state index is 0.00845. The summed E-state index contributed by atoms with van der Waals surface area (Å²) in [7, 11) is 1.64. The number of rotatable bonds is 5. The van der Waals surface area contributed by atoms with Gasteiger partial charge in [0, 0.05) is 35.2 Å². The van der Waals surface area contributed by atoms with Crippen LogP contribution in [0.15, 0.2) is 54.0 Å². The lowest BCUT2D eigenvalue weighted by Crippen LogP contribution is -2.28. The maximum Gasteiger partial charge on any atom is 0.272 e. The molecule has 1 aromatic carbocycles. The standard InChI is InChI=1S/C22H22N4O2S2/c1-28-18-6-4-16(5-7-18)24-22(29)25-17-13-20(30-14-17)15-8-9-23-19(12-15)21(27)26-10-2-3-11-26/h4-9,12-14H,2-3,10-11H2,1H3,(H2,24,25,29). The fraction of sp³-hybridized carbons (Fsp3) is 0.227. The molecular formula is C22H22N4O2S2. The lowest BCUT2D eigenvalue weighted by Gasteiger charge is -2.14. The van der Waals surface area contributed by atoms with E-state index in [-0.39, 0.29) is 5.91 Å². The molecule has 3 heterocycles. The molecule has 1 amide bonds. The van der Waals surface area contributed by atoms with E-state index in [4.69, 9.17) is 17.0 Å². The Labute approximate surface area is 184 Å². The lowest BCUT2D eigenvalue weighted by molar-refractivity contribution is 0.0787. The number of thiocarbonyl (C=S) groups is 1. The van der Waals surface area contributed by atoms with E-state index in [9.17, 15) is 4.79 Å². The minimum absolute atomic E-state index is 0.00845. The third kappa shape index (κ3) is 4.77. The highest BCUT2D eigenvalue weighted by Crippen LogP contribution is 2.30. The van der Waals surface area contributed by atoms with Gasteiger partial charge in [0.25, 0.3) is 5.91 Å². The van der Waals surface area contributed by atoms with E-state index in [1.807, 2.05) is 52.7 Å². The van der Waals surface area contributed by atoms with Crippen molar-refractivity contribution in [1.29, 1.82) is 0 Å². The molecule has 2 N–H and O–H groups in total. The van der Waals surface area contributed by atoms with Crippen molar-refractivity contribution in [1.82, 2.24) is 9.88 Å². The van der Waals surface area contributed by atoms with Gasteiger partial charge >= 0.3 is 0 Å². The molecule has 0 bridgehead atoms. The molecule has 1 fully saturated rings. The highest BCUT2D eigenvalue weighted by atomic mass is 32.1. The zero-order valence-corrected chi connectivity index (χ0v) is 18.2. The molecule has 2 aromatic heterocycles. The van der Waals surface area contributed by atoms with Gasteiger partial charge in [0.1, 0.15) is 11.4 Å². The van der Waals surface area contributed by atoms with E-state index < -0.39 is 0 Å². The van der Waals surface area contributed by atoms with Gasteiger partial charge in [-0.2, -0.15) is 0 Å². The van der Waals surface area contributed by atoms with Crippen LogP contribution in [0, 0.1) is 0 Å². The number of nitrogens with zero attached hydrogens (tertiary/aromatic N) is 2. The number of ether oxygens (including phenoxy) is 1. The summed E-state index contributed by atoms with van der Waals surface area (Å²) in [5.41, 5.74) is 3.24. The van der Waals surface area contributed by atoms with Crippen LogP contribution in [0.5, 0.6) is 5.75 Å². The van der Waals surface area contributed by atoms with Crippen LogP contribution in [-0.2, 0) is 0 Å². The summed E-state index contributed by atoms with van der Waals surface area (Å²) in [5.74, 6) is 0.802. The maximum absolute atomic E-state index is 12.6. The Balaban J connectivity index is 1.41. The SMILES string of the molecule is COc1ccc(NC(=S)Nc2csc(-c3ccnc(C(=O)N4CCCC4)c3)c2)cc1. The average Bonchev–Trinajstić information content (AvgIpc) is 3.46. The van der Waals surface area contributed by atoms with Crippen molar-refractivity contribution in [3.8, 4) is 16.2 Å². The Morgan fingerprint density at radius 2 is 1.83 bits per heavy atom. The van der Waals surface area contributed by atoms with Crippen LogP contribution in [-0.4, -0.2) is 41.1 Å². The van der Waals surface area contributed by atoms with Crippen molar-refractivity contribution >= 4 is 45.9 Å². The molecule has 4 rings (SSSR count). The molecule has 0 radical (unpaired) electrons. The summed E-state index contributed by atoms with van der Waals surface area (Å²) in [6.45, 7) is 1.63. The summed E-state index contributed by atoms with van der Waals surface area (Å²) in [5, 5.41) is 8.86. The predicted molar refractivity (Wildman–Crippen MR) is 126 cm³/mol. The minimum Gasteiger partial charge on any atom is -0.497 e. The van der Waals surface area contributed by atoms with Gasteiger partial charge in [-0.25, -0.2) is 0 Å². The predicted octanol–water partition coefficient (Wildman–Crippen LogP) is 4.86. The zero-order chi connectivity index (χ0) is 20.9. The van der Waals surface area contributed by atoms with Crippen molar-refractivity contribution in [2.45, 2.75) is 12.8 Å². The van der Waals surface area contributed by atoms with Gasteiger partial charge in [-0.3, -0.25) is 9.78 Å². The number of anilines is 2. The molecule has 0 atom stereocenters. The summed E-state index contributed by atoms with van der Waals surface area (Å²) in [6, 6.07) is 13.4. The second-order valence-corrected chi connectivity index (χ2v) is 8.26. The number of carbonyl (C=O) groups is 1. The first-order valence-electron chi connectivity index (χ1n) is 9.69. The Bertz CT molecular complexity index is 1040. The number of hydrogen-bond donors (Lipinski definition) is 2. The molecule has 30 heavy (non-hydrogen) atoms. The highest BCUT2D eigenvalue weighted by Gasteiger charge is 2.21. The van der Waals surface area contributed by atoms with Gasteiger partial charge in [-0.1, -0.05) is 0 Å². The summed E-state index contributed by atoms with van der Waals surface area (Å²) in [4.78, 5) is 19.8. The van der Waals surface area contributed by atoms with Crippen LogP contribution >= 0.6 is 23.6 Å². The van der Waals surface area contributed by atoms with Crippen LogP contribution in [0.25, 0.3) is 10.4 Å². The van der Waals surface area contributed by atoms with E-state index in [0.29, 0.717) is 10.8 Å². The number of pyridine rings is 1. The second kappa shape index (κ2) is 9.23. The number of nitrogens with one attached hydrogen (secondary N) is 2. The van der Waals surface area contributed by atoms with Crippen molar-refractivity contribution in [3.63, 3.8) is 0 Å².